The van der Waals surface area contributed by atoms with Crippen molar-refractivity contribution in [1.29, 1.82) is 0 Å². The van der Waals surface area contributed by atoms with Crippen LogP contribution in [0.25, 0.3) is 0 Å². The van der Waals surface area contributed by atoms with Crippen LogP contribution in [0, 0.1) is 0 Å². The average molecular weight is 377 g/mol. The molecule has 0 amide bonds. The Morgan fingerprint density at radius 3 is 2.61 bits per heavy atom. The third-order valence-corrected chi connectivity index (χ3v) is 6.07. The van der Waals surface area contributed by atoms with Crippen molar-refractivity contribution in [1.82, 2.24) is 5.32 Å². The molecule has 2 rings (SSSR count). The van der Waals surface area contributed by atoms with Crippen LogP contribution in [0.4, 0.5) is 5.69 Å². The Bertz CT molecular complexity index is 635. The Balaban J connectivity index is 1.83. The first-order valence-corrected chi connectivity index (χ1v) is 10.2. The summed E-state index contributed by atoms with van der Waals surface area (Å²) < 4.78 is 28.7. The van der Waals surface area contributed by atoms with Gasteiger partial charge in [0.25, 0.3) is 0 Å². The van der Waals surface area contributed by atoms with Crippen molar-refractivity contribution in [2.24, 2.45) is 0 Å². The van der Waals surface area contributed by atoms with E-state index in [-0.39, 0.29) is 17.5 Å². The molecular formula is C15H21ClN2O3S2. The summed E-state index contributed by atoms with van der Waals surface area (Å²) in [6.07, 6.45) is 2.12. The molecule has 1 fully saturated rings. The molecule has 2 atom stereocenters. The molecule has 128 valence electrons. The highest BCUT2D eigenvalue weighted by Gasteiger charge is 2.36. The summed E-state index contributed by atoms with van der Waals surface area (Å²) in [4.78, 5) is 0. The second-order valence-electron chi connectivity index (χ2n) is 5.52. The van der Waals surface area contributed by atoms with Crippen molar-refractivity contribution in [3.63, 3.8) is 0 Å². The number of ether oxygens (including phenoxy) is 1. The number of thiocarbonyl (C=S) groups is 1. The number of alkyl halides is 1. The number of sulfone groups is 1. The molecule has 0 aliphatic carbocycles. The molecule has 2 N–H and O–H groups in total. The van der Waals surface area contributed by atoms with E-state index in [0.717, 1.165) is 24.3 Å². The van der Waals surface area contributed by atoms with Gasteiger partial charge in [-0.25, -0.2) is 8.42 Å². The topological polar surface area (TPSA) is 67.4 Å². The number of benzene rings is 1. The highest BCUT2D eigenvalue weighted by Crippen LogP contribution is 2.19. The summed E-state index contributed by atoms with van der Waals surface area (Å²) in [5.74, 6) is 0.803. The number of anilines is 1. The molecule has 0 saturated carbocycles. The van der Waals surface area contributed by atoms with Crippen molar-refractivity contribution in [3.05, 3.63) is 24.3 Å². The van der Waals surface area contributed by atoms with Gasteiger partial charge in [-0.1, -0.05) is 13.3 Å². The molecule has 1 aliphatic heterocycles. The van der Waals surface area contributed by atoms with E-state index in [1.165, 1.54) is 0 Å². The molecule has 0 spiro atoms. The second kappa shape index (κ2) is 8.17. The molecule has 1 heterocycles. The minimum Gasteiger partial charge on any atom is -0.494 e. The maximum atomic E-state index is 11.5. The summed E-state index contributed by atoms with van der Waals surface area (Å²) >= 11 is 11.3. The number of nitrogens with one attached hydrogen (secondary N) is 2. The third kappa shape index (κ3) is 5.82. The Morgan fingerprint density at radius 1 is 1.35 bits per heavy atom. The molecule has 1 aromatic carbocycles. The first kappa shape index (κ1) is 18.3. The van der Waals surface area contributed by atoms with Crippen LogP contribution < -0.4 is 15.4 Å². The zero-order valence-corrected chi connectivity index (χ0v) is 15.3. The van der Waals surface area contributed by atoms with Crippen LogP contribution in [-0.4, -0.2) is 43.1 Å². The summed E-state index contributed by atoms with van der Waals surface area (Å²) in [5.41, 5.74) is 0.803. The quantitative estimate of drug-likeness (QED) is 0.452. The second-order valence-corrected chi connectivity index (χ2v) is 8.65. The average Bonchev–Trinajstić information content (AvgIpc) is 2.73. The maximum Gasteiger partial charge on any atom is 0.171 e. The molecule has 5 nitrogen and oxygen atoms in total. The van der Waals surface area contributed by atoms with Gasteiger partial charge in [-0.3, -0.25) is 0 Å². The SMILES string of the molecule is CCCCOc1ccc(NC(=S)NC2CS(=O)(=O)CC2Cl)cc1. The molecule has 23 heavy (non-hydrogen) atoms. The van der Waals surface area contributed by atoms with Gasteiger partial charge in [0.05, 0.1) is 29.5 Å². The maximum absolute atomic E-state index is 11.5. The molecule has 0 radical (unpaired) electrons. The van der Waals surface area contributed by atoms with Gasteiger partial charge in [-0.15, -0.1) is 11.6 Å². The van der Waals surface area contributed by atoms with E-state index in [4.69, 9.17) is 28.6 Å². The molecule has 0 bridgehead atoms. The zero-order valence-electron chi connectivity index (χ0n) is 12.9. The highest BCUT2D eigenvalue weighted by molar-refractivity contribution is 7.91. The fourth-order valence-electron chi connectivity index (χ4n) is 2.24. The Morgan fingerprint density at radius 2 is 2.04 bits per heavy atom. The van der Waals surface area contributed by atoms with Gasteiger partial charge < -0.3 is 15.4 Å². The smallest absolute Gasteiger partial charge is 0.171 e. The lowest BCUT2D eigenvalue weighted by atomic mass is 10.2. The van der Waals surface area contributed by atoms with Crippen LogP contribution in [0.3, 0.4) is 0 Å². The van der Waals surface area contributed by atoms with E-state index >= 15 is 0 Å². The Hall–Kier alpha value is -1.05. The lowest BCUT2D eigenvalue weighted by Gasteiger charge is -2.17. The normalized spacial score (nSPS) is 22.5. The number of hydrogen-bond donors (Lipinski definition) is 2. The van der Waals surface area contributed by atoms with Crippen molar-refractivity contribution in [2.45, 2.75) is 31.2 Å². The first-order chi connectivity index (χ1) is 10.9. The van der Waals surface area contributed by atoms with E-state index in [2.05, 4.69) is 17.6 Å². The molecule has 1 aromatic rings. The van der Waals surface area contributed by atoms with Crippen molar-refractivity contribution in [3.8, 4) is 5.75 Å². The minimum absolute atomic E-state index is 0.00714. The number of halogens is 1. The number of rotatable bonds is 6. The summed E-state index contributed by atoms with van der Waals surface area (Å²) in [6.45, 7) is 2.82. The highest BCUT2D eigenvalue weighted by atomic mass is 35.5. The minimum atomic E-state index is -3.08. The third-order valence-electron chi connectivity index (χ3n) is 3.48. The summed E-state index contributed by atoms with van der Waals surface area (Å²) in [7, 11) is -3.08. The zero-order chi connectivity index (χ0) is 16.9. The standard InChI is InChI=1S/C15H21ClN2O3S2/c1-2-3-8-21-12-6-4-11(5-7-12)17-15(22)18-14-10-23(19,20)9-13(14)16/h4-7,13-14H,2-3,8-10H2,1H3,(H2,17,18,22). The van der Waals surface area contributed by atoms with Gasteiger partial charge in [0, 0.05) is 5.69 Å². The van der Waals surface area contributed by atoms with Crippen LogP contribution in [0.1, 0.15) is 19.8 Å². The fraction of sp³-hybridized carbons (Fsp3) is 0.533. The molecule has 1 saturated heterocycles. The summed E-state index contributed by atoms with van der Waals surface area (Å²) in [6, 6.07) is 7.09. The van der Waals surface area contributed by atoms with Gasteiger partial charge in [-0.2, -0.15) is 0 Å². The van der Waals surface area contributed by atoms with Crippen LogP contribution in [0.2, 0.25) is 0 Å². The van der Waals surface area contributed by atoms with Crippen molar-refractivity contribution < 1.29 is 13.2 Å². The Labute approximate surface area is 147 Å². The van der Waals surface area contributed by atoms with E-state index in [9.17, 15) is 8.42 Å². The van der Waals surface area contributed by atoms with Crippen LogP contribution >= 0.6 is 23.8 Å². The van der Waals surface area contributed by atoms with Crippen LogP contribution in [0.5, 0.6) is 5.75 Å². The van der Waals surface area contributed by atoms with Gasteiger partial charge in [0.1, 0.15) is 5.75 Å². The van der Waals surface area contributed by atoms with E-state index < -0.39 is 15.2 Å². The lowest BCUT2D eigenvalue weighted by molar-refractivity contribution is 0.309. The number of unbranched alkanes of at least 4 members (excludes halogenated alkanes) is 1. The summed E-state index contributed by atoms with van der Waals surface area (Å²) in [5, 5.41) is 5.88. The van der Waals surface area contributed by atoms with Crippen LogP contribution in [-0.2, 0) is 9.84 Å². The first-order valence-electron chi connectivity index (χ1n) is 7.54. The van der Waals surface area contributed by atoms with E-state index in [1.54, 1.807) is 0 Å². The number of hydrogen-bond acceptors (Lipinski definition) is 4. The molecule has 8 heteroatoms. The van der Waals surface area contributed by atoms with Crippen molar-refractivity contribution in [2.75, 3.05) is 23.4 Å². The van der Waals surface area contributed by atoms with Gasteiger partial charge in [-0.05, 0) is 42.9 Å². The lowest BCUT2D eigenvalue weighted by Crippen LogP contribution is -2.42. The van der Waals surface area contributed by atoms with Gasteiger partial charge in [0.2, 0.25) is 0 Å². The largest absolute Gasteiger partial charge is 0.494 e. The fourth-order valence-corrected chi connectivity index (χ4v) is 5.06. The monoisotopic (exact) mass is 376 g/mol. The van der Waals surface area contributed by atoms with Crippen molar-refractivity contribution >= 4 is 44.5 Å². The molecule has 1 aliphatic rings. The van der Waals surface area contributed by atoms with Crippen LogP contribution in [0.15, 0.2) is 24.3 Å². The predicted molar refractivity (Wildman–Crippen MR) is 98.3 cm³/mol. The molecular weight excluding hydrogens is 356 g/mol. The van der Waals surface area contributed by atoms with E-state index in [0.29, 0.717) is 11.7 Å². The molecule has 0 aromatic heterocycles. The predicted octanol–water partition coefficient (Wildman–Crippen LogP) is 2.56. The Kier molecular flexibility index (Phi) is 6.50. The van der Waals surface area contributed by atoms with Gasteiger partial charge in [0.15, 0.2) is 14.9 Å². The molecule has 2 unspecified atom stereocenters. The van der Waals surface area contributed by atoms with E-state index in [1.807, 2.05) is 24.3 Å². The van der Waals surface area contributed by atoms with Gasteiger partial charge >= 0.3 is 0 Å².